The topological polar surface area (TPSA) is 63.8 Å². The van der Waals surface area contributed by atoms with E-state index in [4.69, 9.17) is 5.73 Å². The smallest absolute Gasteiger partial charge is 0.222 e. The lowest BCUT2D eigenvalue weighted by Crippen LogP contribution is -2.23. The number of nitrogens with zero attached hydrogens (tertiary/aromatic N) is 2. The maximum atomic E-state index is 13.3. The van der Waals surface area contributed by atoms with Crippen molar-refractivity contribution in [2.75, 3.05) is 11.1 Å². The number of aromatic nitrogens is 2. The third-order valence-electron chi connectivity index (χ3n) is 2.71. The minimum atomic E-state index is -0.435. The fourth-order valence-electron chi connectivity index (χ4n) is 1.92. The molecule has 4 nitrogen and oxygen atoms in total. The summed E-state index contributed by atoms with van der Waals surface area (Å²) in [7, 11) is 0. The summed E-state index contributed by atoms with van der Waals surface area (Å²) in [5.74, 6) is -0.0983. The van der Waals surface area contributed by atoms with Crippen LogP contribution in [0, 0.1) is 5.82 Å². The summed E-state index contributed by atoms with van der Waals surface area (Å²) in [5, 5.41) is 3.08. The standard InChI is InChI=1S/C10H15FN4/c11-8-6-13-10(12)15-9(8)14-7-4-2-1-3-5-7/h6-7H,1-5H2,(H3,12,13,14,15). The van der Waals surface area contributed by atoms with Crippen molar-refractivity contribution in [1.82, 2.24) is 9.97 Å². The van der Waals surface area contributed by atoms with Crippen LogP contribution in [0.15, 0.2) is 6.20 Å². The average molecular weight is 210 g/mol. The zero-order valence-electron chi connectivity index (χ0n) is 8.54. The first-order chi connectivity index (χ1) is 7.25. The Morgan fingerprint density at radius 3 is 2.80 bits per heavy atom. The highest BCUT2D eigenvalue weighted by Gasteiger charge is 2.15. The molecule has 1 aromatic rings. The zero-order valence-corrected chi connectivity index (χ0v) is 8.54. The van der Waals surface area contributed by atoms with Gasteiger partial charge in [-0.15, -0.1) is 0 Å². The molecule has 0 aliphatic heterocycles. The lowest BCUT2D eigenvalue weighted by atomic mass is 9.95. The predicted molar refractivity (Wildman–Crippen MR) is 56.9 cm³/mol. The third kappa shape index (κ3) is 2.55. The Morgan fingerprint density at radius 2 is 2.07 bits per heavy atom. The van der Waals surface area contributed by atoms with Gasteiger partial charge in [-0.3, -0.25) is 0 Å². The van der Waals surface area contributed by atoms with Crippen LogP contribution < -0.4 is 11.1 Å². The zero-order chi connectivity index (χ0) is 10.7. The van der Waals surface area contributed by atoms with Crippen LogP contribution in [0.1, 0.15) is 32.1 Å². The highest BCUT2D eigenvalue weighted by atomic mass is 19.1. The molecule has 0 radical (unpaired) electrons. The first-order valence-electron chi connectivity index (χ1n) is 5.30. The molecule has 1 fully saturated rings. The molecule has 1 saturated carbocycles. The van der Waals surface area contributed by atoms with Crippen molar-refractivity contribution in [2.24, 2.45) is 0 Å². The Hall–Kier alpha value is -1.39. The summed E-state index contributed by atoms with van der Waals surface area (Å²) in [6, 6.07) is 0.322. The number of halogens is 1. The van der Waals surface area contributed by atoms with Crippen LogP contribution in [0.25, 0.3) is 0 Å². The molecular weight excluding hydrogens is 195 g/mol. The van der Waals surface area contributed by atoms with Gasteiger partial charge in [-0.1, -0.05) is 19.3 Å². The lowest BCUT2D eigenvalue weighted by Gasteiger charge is -2.23. The van der Waals surface area contributed by atoms with E-state index in [1.807, 2.05) is 0 Å². The van der Waals surface area contributed by atoms with E-state index >= 15 is 0 Å². The Labute approximate surface area is 88.1 Å². The Morgan fingerprint density at radius 1 is 1.33 bits per heavy atom. The molecule has 1 heterocycles. The van der Waals surface area contributed by atoms with E-state index in [1.54, 1.807) is 0 Å². The summed E-state index contributed by atoms with van der Waals surface area (Å²) >= 11 is 0. The summed E-state index contributed by atoms with van der Waals surface area (Å²) in [5.41, 5.74) is 5.40. The quantitative estimate of drug-likeness (QED) is 0.783. The number of hydrogen-bond donors (Lipinski definition) is 2. The molecular formula is C10H15FN4. The predicted octanol–water partition coefficient (Wildman–Crippen LogP) is 1.94. The van der Waals surface area contributed by atoms with Gasteiger partial charge in [0.2, 0.25) is 5.95 Å². The fourth-order valence-corrected chi connectivity index (χ4v) is 1.92. The van der Waals surface area contributed by atoms with E-state index in [1.165, 1.54) is 19.3 Å². The molecule has 2 rings (SSSR count). The molecule has 1 aliphatic rings. The maximum Gasteiger partial charge on any atom is 0.222 e. The van der Waals surface area contributed by atoms with Gasteiger partial charge in [-0.25, -0.2) is 9.37 Å². The van der Waals surface area contributed by atoms with E-state index in [0.717, 1.165) is 19.0 Å². The molecule has 0 atom stereocenters. The number of rotatable bonds is 2. The van der Waals surface area contributed by atoms with Gasteiger partial charge in [0, 0.05) is 6.04 Å². The summed E-state index contributed by atoms with van der Waals surface area (Å²) in [6.07, 6.45) is 6.91. The number of nitrogen functional groups attached to an aromatic ring is 1. The van der Waals surface area contributed by atoms with Crippen LogP contribution in [0.3, 0.4) is 0 Å². The Bertz CT molecular complexity index is 336. The first-order valence-corrected chi connectivity index (χ1v) is 5.30. The van der Waals surface area contributed by atoms with E-state index in [0.29, 0.717) is 6.04 Å². The lowest BCUT2D eigenvalue weighted by molar-refractivity contribution is 0.459. The molecule has 0 aromatic carbocycles. The summed E-state index contributed by atoms with van der Waals surface area (Å²) in [4.78, 5) is 7.43. The van der Waals surface area contributed by atoms with Gasteiger partial charge >= 0.3 is 0 Å². The van der Waals surface area contributed by atoms with Crippen LogP contribution in [0.4, 0.5) is 16.2 Å². The molecule has 0 bridgehead atoms. The van der Waals surface area contributed by atoms with Crippen molar-refractivity contribution in [3.63, 3.8) is 0 Å². The highest BCUT2D eigenvalue weighted by molar-refractivity contribution is 5.40. The van der Waals surface area contributed by atoms with Crippen molar-refractivity contribution in [3.05, 3.63) is 12.0 Å². The van der Waals surface area contributed by atoms with Gasteiger partial charge in [0.15, 0.2) is 11.6 Å². The van der Waals surface area contributed by atoms with Crippen LogP contribution in [-0.4, -0.2) is 16.0 Å². The molecule has 0 spiro atoms. The molecule has 1 aliphatic carbocycles. The number of nitrogens with one attached hydrogen (secondary N) is 1. The molecule has 0 unspecified atom stereocenters. The van der Waals surface area contributed by atoms with E-state index < -0.39 is 5.82 Å². The monoisotopic (exact) mass is 210 g/mol. The van der Waals surface area contributed by atoms with Crippen molar-refractivity contribution >= 4 is 11.8 Å². The number of hydrogen-bond acceptors (Lipinski definition) is 4. The minimum Gasteiger partial charge on any atom is -0.368 e. The van der Waals surface area contributed by atoms with Crippen LogP contribution in [0.2, 0.25) is 0 Å². The number of nitrogens with two attached hydrogens (primary N) is 1. The molecule has 3 N–H and O–H groups in total. The second-order valence-corrected chi connectivity index (χ2v) is 3.90. The summed E-state index contributed by atoms with van der Waals surface area (Å²) < 4.78 is 13.3. The van der Waals surface area contributed by atoms with Crippen molar-refractivity contribution < 1.29 is 4.39 Å². The van der Waals surface area contributed by atoms with Crippen molar-refractivity contribution in [2.45, 2.75) is 38.1 Å². The molecule has 0 amide bonds. The van der Waals surface area contributed by atoms with E-state index in [-0.39, 0.29) is 11.8 Å². The first kappa shape index (κ1) is 10.1. The van der Waals surface area contributed by atoms with Crippen LogP contribution in [-0.2, 0) is 0 Å². The van der Waals surface area contributed by atoms with Gasteiger partial charge in [0.25, 0.3) is 0 Å². The van der Waals surface area contributed by atoms with Crippen molar-refractivity contribution in [3.8, 4) is 0 Å². The molecule has 15 heavy (non-hydrogen) atoms. The molecule has 5 heteroatoms. The van der Waals surface area contributed by atoms with Gasteiger partial charge < -0.3 is 11.1 Å². The summed E-state index contributed by atoms with van der Waals surface area (Å²) in [6.45, 7) is 0. The highest BCUT2D eigenvalue weighted by Crippen LogP contribution is 2.21. The van der Waals surface area contributed by atoms with Crippen LogP contribution >= 0.6 is 0 Å². The largest absolute Gasteiger partial charge is 0.368 e. The van der Waals surface area contributed by atoms with Gasteiger partial charge in [0.1, 0.15) is 0 Å². The number of anilines is 2. The van der Waals surface area contributed by atoms with Gasteiger partial charge in [-0.05, 0) is 12.8 Å². The maximum absolute atomic E-state index is 13.3. The normalized spacial score (nSPS) is 17.7. The fraction of sp³-hybridized carbons (Fsp3) is 0.600. The van der Waals surface area contributed by atoms with Gasteiger partial charge in [-0.2, -0.15) is 4.98 Å². The van der Waals surface area contributed by atoms with E-state index in [2.05, 4.69) is 15.3 Å². The Balaban J connectivity index is 2.05. The third-order valence-corrected chi connectivity index (χ3v) is 2.71. The van der Waals surface area contributed by atoms with Crippen molar-refractivity contribution in [1.29, 1.82) is 0 Å². The molecule has 1 aromatic heterocycles. The second-order valence-electron chi connectivity index (χ2n) is 3.90. The average Bonchev–Trinajstić information content (AvgIpc) is 2.25. The van der Waals surface area contributed by atoms with Crippen LogP contribution in [0.5, 0.6) is 0 Å². The second kappa shape index (κ2) is 4.42. The minimum absolute atomic E-state index is 0.106. The SMILES string of the molecule is Nc1ncc(F)c(NC2CCCCC2)n1. The van der Waals surface area contributed by atoms with E-state index in [9.17, 15) is 4.39 Å². The Kier molecular flexibility index (Phi) is 2.99. The van der Waals surface area contributed by atoms with Gasteiger partial charge in [0.05, 0.1) is 6.20 Å². The molecule has 0 saturated heterocycles. The molecule has 82 valence electrons.